The minimum absolute atomic E-state index is 0.0589. The Morgan fingerprint density at radius 3 is 3.00 bits per heavy atom. The maximum atomic E-state index is 13.2. The van der Waals surface area contributed by atoms with Crippen molar-refractivity contribution in [2.45, 2.75) is 51.6 Å². The lowest BCUT2D eigenvalue weighted by Crippen LogP contribution is -2.51. The van der Waals surface area contributed by atoms with E-state index in [1.165, 1.54) is 45.2 Å². The second-order valence-electron chi connectivity index (χ2n) is 9.89. The van der Waals surface area contributed by atoms with Gasteiger partial charge in [-0.2, -0.15) is 0 Å². The molecule has 4 aliphatic heterocycles. The Morgan fingerprint density at radius 1 is 1.21 bits per heavy atom. The van der Waals surface area contributed by atoms with Gasteiger partial charge in [0.1, 0.15) is 18.2 Å². The van der Waals surface area contributed by atoms with Gasteiger partial charge < -0.3 is 14.4 Å². The zero-order valence-corrected chi connectivity index (χ0v) is 19.3. The average Bonchev–Trinajstić information content (AvgIpc) is 3.17. The molecular weight excluding hydrogens is 414 g/mol. The molecule has 2 fully saturated rings. The molecule has 1 aromatic heterocycles. The van der Waals surface area contributed by atoms with Gasteiger partial charge in [0.15, 0.2) is 5.76 Å². The minimum atomic E-state index is -0.0589. The van der Waals surface area contributed by atoms with Gasteiger partial charge in [0.05, 0.1) is 11.1 Å². The van der Waals surface area contributed by atoms with Crippen molar-refractivity contribution in [1.82, 2.24) is 14.8 Å². The molecule has 33 heavy (non-hydrogen) atoms. The lowest BCUT2D eigenvalue weighted by atomic mass is 9.83. The molecule has 172 valence electrons. The Hall–Kier alpha value is -2.70. The number of pyridine rings is 1. The van der Waals surface area contributed by atoms with E-state index in [-0.39, 0.29) is 5.78 Å². The maximum Gasteiger partial charge on any atom is 0.232 e. The van der Waals surface area contributed by atoms with E-state index in [2.05, 4.69) is 14.8 Å². The van der Waals surface area contributed by atoms with Gasteiger partial charge in [-0.15, -0.1) is 0 Å². The molecule has 2 aromatic rings. The van der Waals surface area contributed by atoms with E-state index >= 15 is 0 Å². The molecule has 0 radical (unpaired) electrons. The van der Waals surface area contributed by atoms with Gasteiger partial charge in [-0.3, -0.25) is 14.7 Å². The highest BCUT2D eigenvalue weighted by Gasteiger charge is 2.38. The fraction of sp³-hybridized carbons (Fsp3) is 0.481. The fourth-order valence-electron chi connectivity index (χ4n) is 6.13. The van der Waals surface area contributed by atoms with Crippen molar-refractivity contribution >= 4 is 11.9 Å². The topological polar surface area (TPSA) is 54.9 Å². The van der Waals surface area contributed by atoms with Gasteiger partial charge in [0.2, 0.25) is 5.78 Å². The number of carbonyl (C=O) groups excluding carboxylic acids is 1. The number of allylic oxidation sites excluding steroid dienone is 1. The highest BCUT2D eigenvalue weighted by Crippen LogP contribution is 2.44. The first-order chi connectivity index (χ1) is 16.2. The Balaban J connectivity index is 1.25. The number of ether oxygens (including phenoxy) is 2. The van der Waals surface area contributed by atoms with E-state index in [9.17, 15) is 4.79 Å². The van der Waals surface area contributed by atoms with Crippen molar-refractivity contribution in [3.8, 4) is 11.5 Å². The summed E-state index contributed by atoms with van der Waals surface area (Å²) >= 11 is 0. The molecule has 0 spiro atoms. The van der Waals surface area contributed by atoms with Crippen LogP contribution in [0.1, 0.15) is 59.2 Å². The fourth-order valence-corrected chi connectivity index (χ4v) is 6.13. The normalized spacial score (nSPS) is 26.3. The third kappa shape index (κ3) is 3.85. The Morgan fingerprint density at radius 2 is 2.12 bits per heavy atom. The summed E-state index contributed by atoms with van der Waals surface area (Å²) in [5.41, 5.74) is 3.43. The van der Waals surface area contributed by atoms with Crippen molar-refractivity contribution in [2.24, 2.45) is 5.92 Å². The second-order valence-corrected chi connectivity index (χ2v) is 9.89. The van der Waals surface area contributed by atoms with Crippen LogP contribution in [-0.4, -0.2) is 53.0 Å². The number of fused-ring (bicyclic) bond motifs is 4. The van der Waals surface area contributed by atoms with Crippen molar-refractivity contribution in [3.05, 3.63) is 58.6 Å². The molecule has 0 unspecified atom stereocenters. The van der Waals surface area contributed by atoms with Crippen LogP contribution in [-0.2, 0) is 6.54 Å². The molecule has 2 atom stereocenters. The Kier molecular flexibility index (Phi) is 5.43. The summed E-state index contributed by atoms with van der Waals surface area (Å²) in [5, 5.41) is 0. The lowest BCUT2D eigenvalue weighted by molar-refractivity contribution is 0.0141. The van der Waals surface area contributed by atoms with Crippen LogP contribution in [0.2, 0.25) is 0 Å². The first kappa shape index (κ1) is 20.9. The molecule has 6 heteroatoms. The standard InChI is InChI=1S/C27H31N3O3/c1-18-12-23-21(27-25(18)26(31)24(33-27)13-19-6-4-9-28-14-19)16-29(17-32-23)15-20-7-5-11-30-10-3-2-8-22(20)30/h4,6,9,12-14,20,22H,2-3,5,7-8,10-11,15-17H2,1H3/b24-13-/t20-,22+/m0/s1. The minimum Gasteiger partial charge on any atom is -0.478 e. The first-order valence-corrected chi connectivity index (χ1v) is 12.3. The van der Waals surface area contributed by atoms with Crippen molar-refractivity contribution in [3.63, 3.8) is 0 Å². The van der Waals surface area contributed by atoms with Crippen LogP contribution >= 0.6 is 0 Å². The SMILES string of the molecule is Cc1cc2c(c3c1C(=O)/C(=C/c1cccnc1)O3)CN(C[C@@H]1CCCN3CCCC[C@H]13)CO2. The van der Waals surface area contributed by atoms with Crippen LogP contribution in [0.25, 0.3) is 6.08 Å². The summed E-state index contributed by atoms with van der Waals surface area (Å²) in [6.45, 7) is 6.87. The van der Waals surface area contributed by atoms with E-state index in [1.54, 1.807) is 18.5 Å². The number of ketones is 1. The molecule has 0 saturated carbocycles. The monoisotopic (exact) mass is 445 g/mol. The van der Waals surface area contributed by atoms with E-state index in [0.717, 1.165) is 35.5 Å². The number of piperidine rings is 2. The van der Waals surface area contributed by atoms with Gasteiger partial charge in [-0.05, 0) is 81.0 Å². The molecule has 6 nitrogen and oxygen atoms in total. The van der Waals surface area contributed by atoms with Crippen LogP contribution in [0.4, 0.5) is 0 Å². The lowest BCUT2D eigenvalue weighted by Gasteiger charge is -2.46. The molecule has 2 saturated heterocycles. The zero-order chi connectivity index (χ0) is 22.4. The van der Waals surface area contributed by atoms with Crippen LogP contribution in [0.3, 0.4) is 0 Å². The summed E-state index contributed by atoms with van der Waals surface area (Å²) in [6, 6.07) is 6.50. The zero-order valence-electron chi connectivity index (χ0n) is 19.3. The molecule has 0 amide bonds. The number of Topliss-reactive ketones (excluding diaryl/α,β-unsaturated/α-hetero) is 1. The number of aromatic nitrogens is 1. The van der Waals surface area contributed by atoms with Crippen molar-refractivity contribution in [2.75, 3.05) is 26.4 Å². The number of carbonyl (C=O) groups is 1. The van der Waals surface area contributed by atoms with Gasteiger partial charge in [0, 0.05) is 31.5 Å². The van der Waals surface area contributed by atoms with Gasteiger partial charge in [-0.1, -0.05) is 12.5 Å². The van der Waals surface area contributed by atoms with E-state index in [1.807, 2.05) is 25.1 Å². The predicted octanol–water partition coefficient (Wildman–Crippen LogP) is 4.42. The molecule has 0 N–H and O–H groups in total. The van der Waals surface area contributed by atoms with Gasteiger partial charge in [0.25, 0.3) is 0 Å². The third-order valence-electron chi connectivity index (χ3n) is 7.69. The second kappa shape index (κ2) is 8.58. The average molecular weight is 446 g/mol. The molecule has 0 bridgehead atoms. The maximum absolute atomic E-state index is 13.2. The van der Waals surface area contributed by atoms with Crippen LogP contribution in [0, 0.1) is 12.8 Å². The van der Waals surface area contributed by atoms with E-state index < -0.39 is 0 Å². The number of aryl methyl sites for hydroxylation is 1. The highest BCUT2D eigenvalue weighted by molar-refractivity contribution is 6.15. The predicted molar refractivity (Wildman–Crippen MR) is 126 cm³/mol. The molecule has 6 rings (SSSR count). The smallest absolute Gasteiger partial charge is 0.232 e. The molecule has 5 heterocycles. The summed E-state index contributed by atoms with van der Waals surface area (Å²) in [6.07, 6.45) is 11.8. The van der Waals surface area contributed by atoms with Gasteiger partial charge >= 0.3 is 0 Å². The molecular formula is C27H31N3O3. The number of hydrogen-bond acceptors (Lipinski definition) is 6. The largest absolute Gasteiger partial charge is 0.478 e. The summed E-state index contributed by atoms with van der Waals surface area (Å²) in [7, 11) is 0. The van der Waals surface area contributed by atoms with Crippen LogP contribution < -0.4 is 9.47 Å². The quantitative estimate of drug-likeness (QED) is 0.652. The number of rotatable bonds is 3. The van der Waals surface area contributed by atoms with E-state index in [0.29, 0.717) is 35.8 Å². The molecule has 0 aliphatic carbocycles. The Labute approximate surface area is 195 Å². The van der Waals surface area contributed by atoms with Crippen LogP contribution in [0.5, 0.6) is 11.5 Å². The summed E-state index contributed by atoms with van der Waals surface area (Å²) in [5.74, 6) is 2.51. The summed E-state index contributed by atoms with van der Waals surface area (Å²) in [4.78, 5) is 22.4. The molecule has 4 aliphatic rings. The van der Waals surface area contributed by atoms with Crippen molar-refractivity contribution in [1.29, 1.82) is 0 Å². The Bertz CT molecular complexity index is 1100. The first-order valence-electron chi connectivity index (χ1n) is 12.3. The van der Waals surface area contributed by atoms with Crippen molar-refractivity contribution < 1.29 is 14.3 Å². The van der Waals surface area contributed by atoms with Crippen LogP contribution in [0.15, 0.2) is 36.4 Å². The number of nitrogens with zero attached hydrogens (tertiary/aromatic N) is 3. The summed E-state index contributed by atoms with van der Waals surface area (Å²) < 4.78 is 12.4. The molecule has 1 aromatic carbocycles. The number of benzene rings is 1. The number of hydrogen-bond donors (Lipinski definition) is 0. The third-order valence-corrected chi connectivity index (χ3v) is 7.69. The van der Waals surface area contributed by atoms with E-state index in [4.69, 9.17) is 9.47 Å². The highest BCUT2D eigenvalue weighted by atomic mass is 16.5. The van der Waals surface area contributed by atoms with Gasteiger partial charge in [-0.25, -0.2) is 0 Å².